The molecule has 0 spiro atoms. The maximum Gasteiger partial charge on any atom is 0.309 e. The molecule has 0 bridgehead atoms. The first-order chi connectivity index (χ1) is 23.3. The number of esters is 1. The zero-order valence-electron chi connectivity index (χ0n) is 30.1. The second-order valence-corrected chi connectivity index (χ2v) is 12.0. The quantitative estimate of drug-likeness (QED) is 0.0285. The Balaban J connectivity index is 0. The van der Waals surface area contributed by atoms with Gasteiger partial charge in [0.2, 0.25) is 17.8 Å². The van der Waals surface area contributed by atoms with Crippen molar-refractivity contribution in [1.82, 2.24) is 15.5 Å². The zero-order chi connectivity index (χ0) is 37.3. The molecule has 0 saturated carbocycles. The Morgan fingerprint density at radius 3 is 1.73 bits per heavy atom. The molecular formula is C36H61N7O5S. The van der Waals surface area contributed by atoms with Gasteiger partial charge in [-0.1, -0.05) is 93.7 Å². The number of aliphatic imine (C=N–C) groups is 1. The number of rotatable bonds is 22. The Bertz CT molecular complexity index is 1150. The lowest BCUT2D eigenvalue weighted by Gasteiger charge is -2.28. The highest BCUT2D eigenvalue weighted by Crippen LogP contribution is 2.21. The molecular weight excluding hydrogens is 643 g/mol. The second-order valence-electron chi connectivity index (χ2n) is 11.5. The molecule has 0 aromatic rings. The van der Waals surface area contributed by atoms with Crippen molar-refractivity contribution in [3.8, 4) is 0 Å². The monoisotopic (exact) mass is 703 g/mol. The number of carbonyl (C=O) groups is 3. The van der Waals surface area contributed by atoms with E-state index in [1.807, 2.05) is 12.2 Å². The number of aliphatic hydroxyl groups excluding tert-OH is 1. The third-order valence-electron chi connectivity index (χ3n) is 6.22. The lowest BCUT2D eigenvalue weighted by atomic mass is 9.87. The number of ether oxygens (including phenoxy) is 1. The van der Waals surface area contributed by atoms with Crippen LogP contribution < -0.4 is 22.1 Å². The number of aliphatic hydroxyl groups is 1. The molecule has 49 heavy (non-hydrogen) atoms. The minimum absolute atomic E-state index is 0.0509. The van der Waals surface area contributed by atoms with Gasteiger partial charge in [0, 0.05) is 44.8 Å². The third-order valence-corrected chi connectivity index (χ3v) is 6.44. The number of thiol groups is 1. The first-order valence-corrected chi connectivity index (χ1v) is 17.2. The number of nitrogens with one attached hydrogen (secondary N) is 3. The van der Waals surface area contributed by atoms with Gasteiger partial charge in [-0.05, 0) is 38.5 Å². The molecule has 0 unspecified atom stereocenters. The van der Waals surface area contributed by atoms with Crippen molar-refractivity contribution in [3.05, 3.63) is 72.9 Å². The summed E-state index contributed by atoms with van der Waals surface area (Å²) >= 11 is 4.01. The Kier molecular flexibility index (Phi) is 29.9. The van der Waals surface area contributed by atoms with E-state index in [4.69, 9.17) is 21.6 Å². The van der Waals surface area contributed by atoms with E-state index in [0.29, 0.717) is 12.3 Å². The lowest BCUT2D eigenvalue weighted by Crippen LogP contribution is -2.47. The minimum atomic E-state index is -1.38. The summed E-state index contributed by atoms with van der Waals surface area (Å²) in [6.07, 6.45) is 29.5. The van der Waals surface area contributed by atoms with E-state index in [9.17, 15) is 19.5 Å². The van der Waals surface area contributed by atoms with E-state index in [2.05, 4.69) is 89.9 Å². The molecule has 0 rings (SSSR count). The molecule has 1 atom stereocenters. The van der Waals surface area contributed by atoms with Crippen molar-refractivity contribution in [1.29, 1.82) is 5.41 Å². The van der Waals surface area contributed by atoms with Crippen LogP contribution in [0.5, 0.6) is 0 Å². The van der Waals surface area contributed by atoms with Gasteiger partial charge < -0.3 is 36.8 Å². The second kappa shape index (κ2) is 31.2. The van der Waals surface area contributed by atoms with E-state index in [1.165, 1.54) is 4.90 Å². The molecule has 0 aromatic carbocycles. The highest BCUT2D eigenvalue weighted by molar-refractivity contribution is 7.80. The van der Waals surface area contributed by atoms with Crippen LogP contribution in [0.1, 0.15) is 72.1 Å². The molecule has 0 heterocycles. The molecule has 0 radical (unpaired) electrons. The summed E-state index contributed by atoms with van der Waals surface area (Å²) in [5.41, 5.74) is 9.00. The van der Waals surface area contributed by atoms with E-state index >= 15 is 0 Å². The fraction of sp³-hybridized carbons (Fsp3) is 0.528. The molecule has 276 valence electrons. The van der Waals surface area contributed by atoms with E-state index in [-0.39, 0.29) is 43.8 Å². The largest absolute Gasteiger partial charge is 0.465 e. The number of hydrogen-bond acceptors (Lipinski definition) is 7. The Morgan fingerprint density at radius 1 is 0.857 bits per heavy atom. The highest BCUT2D eigenvalue weighted by Gasteiger charge is 2.34. The van der Waals surface area contributed by atoms with Crippen molar-refractivity contribution in [2.75, 3.05) is 39.5 Å². The number of hydrogen-bond donors (Lipinski definition) is 7. The summed E-state index contributed by atoms with van der Waals surface area (Å²) in [4.78, 5) is 40.8. The standard InChI is InChI=1S/C32H50N2O5S.C4H11N5/c1-4-5-6-7-8-9-10-11-12-13-14-15-16-17-18-19-20-21-22-29(36)39-27-32(2,3)30(37)31(38)34-24-23-28(35)33-25-26-40;1-9(2)4(7)8-3(5)6/h5-6,8-9,11-12,14-15,17-18,20-21,30,37,40H,4,7,10,13,16,19,22-27H2,1-3H3,(H,33,35)(H,34,38);1-2H3,(H5,5,6,7,8)/b6-5-,9-8-,12-11-,15-14-,18-17-,21-20-;/t30-;/m0./s1. The van der Waals surface area contributed by atoms with Crippen molar-refractivity contribution in [2.24, 2.45) is 21.9 Å². The van der Waals surface area contributed by atoms with Crippen molar-refractivity contribution in [2.45, 2.75) is 78.2 Å². The van der Waals surface area contributed by atoms with Gasteiger partial charge in [-0.25, -0.2) is 0 Å². The van der Waals surface area contributed by atoms with Crippen LogP contribution in [0.4, 0.5) is 0 Å². The average Bonchev–Trinajstić information content (AvgIpc) is 3.05. The molecule has 0 saturated heterocycles. The van der Waals surface area contributed by atoms with Crippen LogP contribution in [-0.4, -0.2) is 85.4 Å². The van der Waals surface area contributed by atoms with E-state index < -0.39 is 23.4 Å². The smallest absolute Gasteiger partial charge is 0.309 e. The zero-order valence-corrected chi connectivity index (χ0v) is 31.0. The van der Waals surface area contributed by atoms with Crippen molar-refractivity contribution in [3.63, 3.8) is 0 Å². The number of nitrogens with zero attached hydrogens (tertiary/aromatic N) is 2. The van der Waals surface area contributed by atoms with E-state index in [0.717, 1.165) is 38.5 Å². The first-order valence-electron chi connectivity index (χ1n) is 16.5. The van der Waals surface area contributed by atoms with E-state index in [1.54, 1.807) is 34.0 Å². The number of nitrogens with two attached hydrogens (primary N) is 2. The van der Waals surface area contributed by atoms with Gasteiger partial charge in [0.25, 0.3) is 0 Å². The lowest BCUT2D eigenvalue weighted by molar-refractivity contribution is -0.152. The number of carbonyl (C=O) groups excluding carboxylic acids is 3. The Hall–Kier alpha value is -4.10. The highest BCUT2D eigenvalue weighted by atomic mass is 32.1. The van der Waals surface area contributed by atoms with Crippen LogP contribution >= 0.6 is 12.6 Å². The summed E-state index contributed by atoms with van der Waals surface area (Å²) in [6, 6.07) is 0. The average molecular weight is 704 g/mol. The molecule has 8 N–H and O–H groups in total. The van der Waals surface area contributed by atoms with Gasteiger partial charge in [-0.15, -0.1) is 0 Å². The number of allylic oxidation sites excluding steroid dienone is 11. The van der Waals surface area contributed by atoms with Crippen LogP contribution in [0.3, 0.4) is 0 Å². The minimum Gasteiger partial charge on any atom is -0.465 e. The molecule has 2 amide bonds. The Labute approximate surface area is 299 Å². The number of guanidine groups is 2. The van der Waals surface area contributed by atoms with Crippen LogP contribution in [-0.2, 0) is 19.1 Å². The molecule has 0 aromatic heterocycles. The van der Waals surface area contributed by atoms with Crippen LogP contribution in [0, 0.1) is 10.8 Å². The SMILES string of the molecule is CC/C=C\C/C=C\C/C=C\C/C=C\C/C=C\C/C=C\CC(=O)OCC(C)(C)[C@@H](O)C(=O)NCCC(=O)NCCS.CN(C)C(=N)N=C(N)N. The normalized spacial score (nSPS) is 12.5. The molecule has 0 aliphatic rings. The van der Waals surface area contributed by atoms with Gasteiger partial charge in [0.05, 0.1) is 13.0 Å². The van der Waals surface area contributed by atoms with Gasteiger partial charge >= 0.3 is 5.97 Å². The summed E-state index contributed by atoms with van der Waals surface area (Å²) in [5, 5.41) is 22.6. The predicted molar refractivity (Wildman–Crippen MR) is 205 cm³/mol. The van der Waals surface area contributed by atoms with Crippen molar-refractivity contribution < 1.29 is 24.2 Å². The topological polar surface area (TPSA) is 196 Å². The fourth-order valence-electron chi connectivity index (χ4n) is 3.36. The Morgan fingerprint density at radius 2 is 1.33 bits per heavy atom. The van der Waals surface area contributed by atoms with Crippen LogP contribution in [0.2, 0.25) is 0 Å². The van der Waals surface area contributed by atoms with Gasteiger partial charge in [-0.2, -0.15) is 17.6 Å². The van der Waals surface area contributed by atoms with Crippen LogP contribution in [0.15, 0.2) is 77.9 Å². The maximum absolute atomic E-state index is 12.2. The van der Waals surface area contributed by atoms with Gasteiger partial charge in [-0.3, -0.25) is 19.8 Å². The van der Waals surface area contributed by atoms with Crippen LogP contribution in [0.25, 0.3) is 0 Å². The predicted octanol–water partition coefficient (Wildman–Crippen LogP) is 4.31. The summed E-state index contributed by atoms with van der Waals surface area (Å²) in [6.45, 7) is 5.87. The van der Waals surface area contributed by atoms with Crippen molar-refractivity contribution >= 4 is 42.3 Å². The van der Waals surface area contributed by atoms with Gasteiger partial charge in [0.1, 0.15) is 6.10 Å². The maximum atomic E-state index is 12.2. The molecule has 12 nitrogen and oxygen atoms in total. The third kappa shape index (κ3) is 31.0. The molecule has 13 heteroatoms. The first kappa shape index (κ1) is 47.0. The number of amides is 2. The molecule has 0 aliphatic carbocycles. The molecule has 0 aliphatic heterocycles. The fourth-order valence-corrected chi connectivity index (χ4v) is 3.47. The summed E-state index contributed by atoms with van der Waals surface area (Å²) < 4.78 is 5.26. The molecule has 0 fully saturated rings. The summed E-state index contributed by atoms with van der Waals surface area (Å²) in [7, 11) is 3.38. The van der Waals surface area contributed by atoms with Gasteiger partial charge in [0.15, 0.2) is 5.96 Å². The summed E-state index contributed by atoms with van der Waals surface area (Å²) in [5.74, 6) is -0.749.